The summed E-state index contributed by atoms with van der Waals surface area (Å²) in [6.07, 6.45) is 0.996. The summed E-state index contributed by atoms with van der Waals surface area (Å²) in [6.45, 7) is 0. The smallest absolute Gasteiger partial charge is 0.276 e. The minimum Gasteiger partial charge on any atom is -0.321 e. The van der Waals surface area contributed by atoms with Crippen molar-refractivity contribution in [3.63, 3.8) is 0 Å². The summed E-state index contributed by atoms with van der Waals surface area (Å²) in [6, 6.07) is 18.1. The van der Waals surface area contributed by atoms with Crippen molar-refractivity contribution in [1.29, 1.82) is 0 Å². The van der Waals surface area contributed by atoms with Gasteiger partial charge in [0.15, 0.2) is 5.69 Å². The van der Waals surface area contributed by atoms with E-state index < -0.39 is 0 Å². The van der Waals surface area contributed by atoms with Crippen molar-refractivity contribution in [2.24, 2.45) is 7.05 Å². The Bertz CT molecular complexity index is 936. The number of hydrogen-bond acceptors (Lipinski definition) is 3. The van der Waals surface area contributed by atoms with Crippen LogP contribution in [0.1, 0.15) is 22.5 Å². The molecule has 0 spiro atoms. The highest BCUT2D eigenvalue weighted by Crippen LogP contribution is 2.16. The second kappa shape index (κ2) is 8.51. The fourth-order valence-electron chi connectivity index (χ4n) is 2.53. The quantitative estimate of drug-likeness (QED) is 0.678. The van der Waals surface area contributed by atoms with Gasteiger partial charge in [-0.2, -0.15) is 5.10 Å². The maximum atomic E-state index is 12.3. The summed E-state index contributed by atoms with van der Waals surface area (Å²) >= 11 is 5.83. The molecule has 27 heavy (non-hydrogen) atoms. The van der Waals surface area contributed by atoms with E-state index in [-0.39, 0.29) is 17.5 Å². The third kappa shape index (κ3) is 5.18. The van der Waals surface area contributed by atoms with Gasteiger partial charge in [-0.3, -0.25) is 14.3 Å². The predicted octanol–water partition coefficient (Wildman–Crippen LogP) is 3.90. The van der Waals surface area contributed by atoms with Crippen LogP contribution in [0, 0.1) is 0 Å². The molecule has 0 radical (unpaired) electrons. The lowest BCUT2D eigenvalue weighted by Crippen LogP contribution is -2.14. The van der Waals surface area contributed by atoms with Gasteiger partial charge in [0.1, 0.15) is 5.82 Å². The molecule has 1 heterocycles. The van der Waals surface area contributed by atoms with Gasteiger partial charge in [0.05, 0.1) is 0 Å². The number of amides is 2. The highest BCUT2D eigenvalue weighted by atomic mass is 35.5. The number of halogens is 1. The maximum absolute atomic E-state index is 12.3. The number of carbonyl (C=O) groups excluding carboxylic acids is 2. The molecule has 2 aromatic carbocycles. The number of aromatic nitrogens is 2. The van der Waals surface area contributed by atoms with Gasteiger partial charge in [-0.1, -0.05) is 41.9 Å². The molecule has 3 rings (SSSR count). The molecule has 0 unspecified atom stereocenters. The molecule has 138 valence electrons. The van der Waals surface area contributed by atoms with E-state index in [2.05, 4.69) is 15.7 Å². The van der Waals surface area contributed by atoms with Crippen LogP contribution >= 0.6 is 11.6 Å². The Hall–Kier alpha value is -3.12. The SMILES string of the molecule is Cn1nc(C(=O)Nc2ccc(Cl)cc2)cc1NC(=O)CCc1ccccc1. The van der Waals surface area contributed by atoms with Gasteiger partial charge in [-0.25, -0.2) is 0 Å². The van der Waals surface area contributed by atoms with Crippen molar-refractivity contribution in [3.05, 3.63) is 76.9 Å². The highest BCUT2D eigenvalue weighted by Gasteiger charge is 2.14. The first kappa shape index (κ1) is 18.7. The molecule has 6 nitrogen and oxygen atoms in total. The number of benzene rings is 2. The predicted molar refractivity (Wildman–Crippen MR) is 106 cm³/mol. The lowest BCUT2D eigenvalue weighted by Gasteiger charge is -2.05. The van der Waals surface area contributed by atoms with Crippen LogP contribution in [0.5, 0.6) is 0 Å². The van der Waals surface area contributed by atoms with Crippen molar-refractivity contribution in [3.8, 4) is 0 Å². The van der Waals surface area contributed by atoms with Crippen LogP contribution in [-0.2, 0) is 18.3 Å². The molecule has 0 aliphatic rings. The molecule has 2 amide bonds. The Morgan fingerprint density at radius 2 is 1.74 bits per heavy atom. The van der Waals surface area contributed by atoms with Gasteiger partial charge < -0.3 is 10.6 Å². The van der Waals surface area contributed by atoms with Crippen LogP contribution in [0.15, 0.2) is 60.7 Å². The van der Waals surface area contributed by atoms with Crippen LogP contribution in [0.4, 0.5) is 11.5 Å². The Labute approximate surface area is 162 Å². The van der Waals surface area contributed by atoms with E-state index in [1.54, 1.807) is 37.4 Å². The van der Waals surface area contributed by atoms with E-state index >= 15 is 0 Å². The monoisotopic (exact) mass is 382 g/mol. The molecule has 0 saturated heterocycles. The largest absolute Gasteiger partial charge is 0.321 e. The van der Waals surface area contributed by atoms with Crippen molar-refractivity contribution >= 4 is 34.9 Å². The van der Waals surface area contributed by atoms with E-state index in [0.29, 0.717) is 29.4 Å². The van der Waals surface area contributed by atoms with Crippen molar-refractivity contribution in [2.75, 3.05) is 10.6 Å². The number of aryl methyl sites for hydroxylation is 2. The van der Waals surface area contributed by atoms with Crippen LogP contribution in [0.2, 0.25) is 5.02 Å². The third-order valence-corrected chi connectivity index (χ3v) is 4.22. The molecule has 3 aromatic rings. The summed E-state index contributed by atoms with van der Waals surface area (Å²) in [5, 5.41) is 10.3. The highest BCUT2D eigenvalue weighted by molar-refractivity contribution is 6.30. The average Bonchev–Trinajstić information content (AvgIpc) is 3.03. The van der Waals surface area contributed by atoms with Crippen molar-refractivity contribution < 1.29 is 9.59 Å². The second-order valence-electron chi connectivity index (χ2n) is 6.03. The van der Waals surface area contributed by atoms with E-state index in [1.807, 2.05) is 30.3 Å². The number of anilines is 2. The summed E-state index contributed by atoms with van der Waals surface area (Å²) in [7, 11) is 1.67. The Morgan fingerprint density at radius 1 is 1.04 bits per heavy atom. The topological polar surface area (TPSA) is 76.0 Å². The molecule has 0 aliphatic carbocycles. The summed E-state index contributed by atoms with van der Waals surface area (Å²) in [5.41, 5.74) is 1.93. The molecule has 2 N–H and O–H groups in total. The zero-order valence-electron chi connectivity index (χ0n) is 14.8. The van der Waals surface area contributed by atoms with Crippen LogP contribution in [0.3, 0.4) is 0 Å². The second-order valence-corrected chi connectivity index (χ2v) is 6.47. The zero-order valence-corrected chi connectivity index (χ0v) is 15.5. The number of carbonyl (C=O) groups is 2. The first-order chi connectivity index (χ1) is 13.0. The number of hydrogen-bond donors (Lipinski definition) is 2. The molecule has 0 bridgehead atoms. The van der Waals surface area contributed by atoms with Crippen LogP contribution in [-0.4, -0.2) is 21.6 Å². The molecule has 0 atom stereocenters. The van der Waals surface area contributed by atoms with Gasteiger partial charge in [-0.15, -0.1) is 0 Å². The molecule has 7 heteroatoms. The van der Waals surface area contributed by atoms with Gasteiger partial charge in [0.2, 0.25) is 5.91 Å². The lowest BCUT2D eigenvalue weighted by atomic mass is 10.1. The molecular formula is C20H19ClN4O2. The first-order valence-electron chi connectivity index (χ1n) is 8.46. The van der Waals surface area contributed by atoms with E-state index in [1.165, 1.54) is 4.68 Å². The fraction of sp³-hybridized carbons (Fsp3) is 0.150. The van der Waals surface area contributed by atoms with Gasteiger partial charge >= 0.3 is 0 Å². The third-order valence-electron chi connectivity index (χ3n) is 3.97. The van der Waals surface area contributed by atoms with Crippen molar-refractivity contribution in [1.82, 2.24) is 9.78 Å². The van der Waals surface area contributed by atoms with Crippen LogP contribution < -0.4 is 10.6 Å². The van der Waals surface area contributed by atoms with E-state index in [0.717, 1.165) is 5.56 Å². The van der Waals surface area contributed by atoms with Crippen LogP contribution in [0.25, 0.3) is 0 Å². The Balaban J connectivity index is 1.59. The Kier molecular flexibility index (Phi) is 5.88. The van der Waals surface area contributed by atoms with Gasteiger partial charge in [-0.05, 0) is 36.2 Å². The maximum Gasteiger partial charge on any atom is 0.276 e. The lowest BCUT2D eigenvalue weighted by molar-refractivity contribution is -0.116. The first-order valence-corrected chi connectivity index (χ1v) is 8.84. The molecule has 1 aromatic heterocycles. The molecule has 0 fully saturated rings. The average molecular weight is 383 g/mol. The molecule has 0 aliphatic heterocycles. The van der Waals surface area contributed by atoms with Gasteiger partial charge in [0, 0.05) is 30.2 Å². The summed E-state index contributed by atoms with van der Waals surface area (Å²) < 4.78 is 1.47. The number of nitrogens with one attached hydrogen (secondary N) is 2. The zero-order chi connectivity index (χ0) is 19.2. The Morgan fingerprint density at radius 3 is 2.44 bits per heavy atom. The normalized spacial score (nSPS) is 10.4. The summed E-state index contributed by atoms with van der Waals surface area (Å²) in [5.74, 6) is -0.0291. The molecular weight excluding hydrogens is 364 g/mol. The standard InChI is InChI=1S/C20H19ClN4O2/c1-25-18(23-19(26)12-7-14-5-3-2-4-6-14)13-17(24-25)20(27)22-16-10-8-15(21)9-11-16/h2-6,8-11,13H,7,12H2,1H3,(H,22,27)(H,23,26). The minimum absolute atomic E-state index is 0.133. The van der Waals surface area contributed by atoms with Gasteiger partial charge in [0.25, 0.3) is 5.91 Å². The van der Waals surface area contributed by atoms with E-state index in [4.69, 9.17) is 11.6 Å². The number of rotatable bonds is 6. The summed E-state index contributed by atoms with van der Waals surface area (Å²) in [4.78, 5) is 24.5. The van der Waals surface area contributed by atoms with E-state index in [9.17, 15) is 9.59 Å². The number of nitrogens with zero attached hydrogens (tertiary/aromatic N) is 2. The van der Waals surface area contributed by atoms with Crippen molar-refractivity contribution in [2.45, 2.75) is 12.8 Å². The minimum atomic E-state index is -0.363. The fourth-order valence-corrected chi connectivity index (χ4v) is 2.66. The molecule has 0 saturated carbocycles.